The van der Waals surface area contributed by atoms with Crippen LogP contribution in [0.5, 0.6) is 5.75 Å². The van der Waals surface area contributed by atoms with Gasteiger partial charge in [-0.2, -0.15) is 8.78 Å². The summed E-state index contributed by atoms with van der Waals surface area (Å²) in [5.74, 6) is 1.68. The fourth-order valence-corrected chi connectivity index (χ4v) is 3.44. The van der Waals surface area contributed by atoms with E-state index in [2.05, 4.69) is 30.8 Å². The lowest BCUT2D eigenvalue weighted by atomic mass is 9.93. The summed E-state index contributed by atoms with van der Waals surface area (Å²) in [5, 5.41) is 3.65. The van der Waals surface area contributed by atoms with E-state index in [4.69, 9.17) is 0 Å². The van der Waals surface area contributed by atoms with Crippen LogP contribution in [0.2, 0.25) is 0 Å². The van der Waals surface area contributed by atoms with Gasteiger partial charge in [0.2, 0.25) is 0 Å². The molecule has 4 heteroatoms. The lowest BCUT2D eigenvalue weighted by molar-refractivity contribution is -0.0499. The smallest absolute Gasteiger partial charge is 0.387 e. The molecular weight excluding hydrogens is 272 g/mol. The van der Waals surface area contributed by atoms with Gasteiger partial charge in [0.1, 0.15) is 5.75 Å². The molecule has 118 valence electrons. The number of benzene rings is 1. The molecule has 1 aromatic rings. The SMILES string of the molecule is CCC1CCC(NC(C)c2cccc(OC(F)F)c2)C1C. The molecule has 0 saturated heterocycles. The van der Waals surface area contributed by atoms with Crippen molar-refractivity contribution in [3.63, 3.8) is 0 Å². The summed E-state index contributed by atoms with van der Waals surface area (Å²) in [6.07, 6.45) is 3.69. The zero-order valence-electron chi connectivity index (χ0n) is 13.0. The predicted octanol–water partition coefficient (Wildman–Crippen LogP) is 4.76. The second-order valence-corrected chi connectivity index (χ2v) is 6.05. The number of ether oxygens (including phenoxy) is 1. The van der Waals surface area contributed by atoms with Crippen molar-refractivity contribution in [1.82, 2.24) is 5.32 Å². The highest BCUT2D eigenvalue weighted by Gasteiger charge is 2.32. The van der Waals surface area contributed by atoms with E-state index in [1.165, 1.54) is 19.3 Å². The zero-order valence-corrected chi connectivity index (χ0v) is 13.0. The van der Waals surface area contributed by atoms with Crippen molar-refractivity contribution < 1.29 is 13.5 Å². The summed E-state index contributed by atoms with van der Waals surface area (Å²) in [7, 11) is 0. The Labute approximate surface area is 125 Å². The first kappa shape index (κ1) is 16.2. The molecule has 4 unspecified atom stereocenters. The number of nitrogens with one attached hydrogen (secondary N) is 1. The highest BCUT2D eigenvalue weighted by atomic mass is 19.3. The van der Waals surface area contributed by atoms with E-state index in [0.717, 1.165) is 11.5 Å². The maximum Gasteiger partial charge on any atom is 0.387 e. The first-order chi connectivity index (χ1) is 10.0. The van der Waals surface area contributed by atoms with E-state index < -0.39 is 6.61 Å². The van der Waals surface area contributed by atoms with Gasteiger partial charge in [-0.1, -0.05) is 32.4 Å². The molecule has 0 amide bonds. The molecule has 1 aliphatic rings. The summed E-state index contributed by atoms with van der Waals surface area (Å²) in [6.45, 7) is 3.86. The minimum Gasteiger partial charge on any atom is -0.435 e. The first-order valence-corrected chi connectivity index (χ1v) is 7.82. The zero-order chi connectivity index (χ0) is 15.4. The average Bonchev–Trinajstić information content (AvgIpc) is 2.79. The fraction of sp³-hybridized carbons (Fsp3) is 0.647. The molecule has 1 saturated carbocycles. The molecule has 2 rings (SSSR count). The first-order valence-electron chi connectivity index (χ1n) is 7.82. The molecular formula is C17H25F2NO. The van der Waals surface area contributed by atoms with Gasteiger partial charge in [-0.3, -0.25) is 0 Å². The van der Waals surface area contributed by atoms with Gasteiger partial charge in [0, 0.05) is 12.1 Å². The summed E-state index contributed by atoms with van der Waals surface area (Å²) in [6, 6.07) is 7.61. The van der Waals surface area contributed by atoms with Crippen LogP contribution in [0, 0.1) is 11.8 Å². The van der Waals surface area contributed by atoms with Crippen molar-refractivity contribution in [2.75, 3.05) is 0 Å². The van der Waals surface area contributed by atoms with Crippen LogP contribution in [0.25, 0.3) is 0 Å². The molecule has 0 aliphatic heterocycles. The van der Waals surface area contributed by atoms with Gasteiger partial charge >= 0.3 is 6.61 Å². The third-order valence-corrected chi connectivity index (χ3v) is 4.80. The molecule has 0 spiro atoms. The van der Waals surface area contributed by atoms with Crippen LogP contribution < -0.4 is 10.1 Å². The summed E-state index contributed by atoms with van der Waals surface area (Å²) >= 11 is 0. The Morgan fingerprint density at radius 1 is 1.33 bits per heavy atom. The molecule has 0 radical (unpaired) electrons. The normalized spacial score (nSPS) is 27.0. The summed E-state index contributed by atoms with van der Waals surface area (Å²) < 4.78 is 29.0. The number of rotatable bonds is 6. The molecule has 4 atom stereocenters. The lowest BCUT2D eigenvalue weighted by Crippen LogP contribution is -2.34. The monoisotopic (exact) mass is 297 g/mol. The Kier molecular flexibility index (Phi) is 5.57. The van der Waals surface area contributed by atoms with Crippen LogP contribution in [-0.4, -0.2) is 12.7 Å². The maximum absolute atomic E-state index is 12.3. The molecule has 0 heterocycles. The Bertz CT molecular complexity index is 452. The van der Waals surface area contributed by atoms with Gasteiger partial charge in [-0.15, -0.1) is 0 Å². The maximum atomic E-state index is 12.3. The van der Waals surface area contributed by atoms with Gasteiger partial charge < -0.3 is 10.1 Å². The Morgan fingerprint density at radius 3 is 2.71 bits per heavy atom. The molecule has 0 bridgehead atoms. The number of hydrogen-bond donors (Lipinski definition) is 1. The van der Waals surface area contributed by atoms with Gasteiger partial charge in [0.15, 0.2) is 0 Å². The molecule has 1 N–H and O–H groups in total. The van der Waals surface area contributed by atoms with Crippen molar-refractivity contribution in [2.24, 2.45) is 11.8 Å². The van der Waals surface area contributed by atoms with E-state index in [1.807, 2.05) is 6.07 Å². The van der Waals surface area contributed by atoms with Crippen LogP contribution in [0.3, 0.4) is 0 Å². The predicted molar refractivity (Wildman–Crippen MR) is 80.6 cm³/mol. The highest BCUT2D eigenvalue weighted by molar-refractivity contribution is 5.30. The highest BCUT2D eigenvalue weighted by Crippen LogP contribution is 2.35. The number of alkyl halides is 2. The van der Waals surface area contributed by atoms with E-state index in [9.17, 15) is 8.78 Å². The molecule has 0 aromatic heterocycles. The van der Waals surface area contributed by atoms with Crippen molar-refractivity contribution in [3.8, 4) is 5.75 Å². The molecule has 1 aliphatic carbocycles. The summed E-state index contributed by atoms with van der Waals surface area (Å²) in [4.78, 5) is 0. The molecule has 2 nitrogen and oxygen atoms in total. The van der Waals surface area contributed by atoms with Gasteiger partial charge in [-0.25, -0.2) is 0 Å². The standard InChI is InChI=1S/C17H25F2NO/c1-4-13-8-9-16(11(13)2)20-12(3)14-6-5-7-15(10-14)21-17(18)19/h5-7,10-13,16-17,20H,4,8-9H2,1-3H3. The molecule has 1 aromatic carbocycles. The molecule has 1 fully saturated rings. The second-order valence-electron chi connectivity index (χ2n) is 6.05. The van der Waals surface area contributed by atoms with Crippen LogP contribution in [0.15, 0.2) is 24.3 Å². The van der Waals surface area contributed by atoms with Crippen LogP contribution in [0.4, 0.5) is 8.78 Å². The second kappa shape index (κ2) is 7.21. The Morgan fingerprint density at radius 2 is 2.10 bits per heavy atom. The Balaban J connectivity index is 1.98. The van der Waals surface area contributed by atoms with Crippen molar-refractivity contribution in [2.45, 2.75) is 58.7 Å². The van der Waals surface area contributed by atoms with E-state index in [0.29, 0.717) is 12.0 Å². The van der Waals surface area contributed by atoms with Crippen LogP contribution >= 0.6 is 0 Å². The van der Waals surface area contributed by atoms with E-state index in [-0.39, 0.29) is 11.8 Å². The minimum absolute atomic E-state index is 0.134. The van der Waals surface area contributed by atoms with Crippen LogP contribution in [-0.2, 0) is 0 Å². The number of hydrogen-bond acceptors (Lipinski definition) is 2. The van der Waals surface area contributed by atoms with Gasteiger partial charge in [-0.05, 0) is 49.3 Å². The van der Waals surface area contributed by atoms with Crippen molar-refractivity contribution >= 4 is 0 Å². The van der Waals surface area contributed by atoms with Gasteiger partial charge in [0.25, 0.3) is 0 Å². The topological polar surface area (TPSA) is 21.3 Å². The largest absolute Gasteiger partial charge is 0.435 e. The third kappa shape index (κ3) is 4.16. The average molecular weight is 297 g/mol. The molecule has 21 heavy (non-hydrogen) atoms. The van der Waals surface area contributed by atoms with Crippen molar-refractivity contribution in [3.05, 3.63) is 29.8 Å². The third-order valence-electron chi connectivity index (χ3n) is 4.80. The fourth-order valence-electron chi connectivity index (χ4n) is 3.44. The summed E-state index contributed by atoms with van der Waals surface area (Å²) in [5.41, 5.74) is 0.986. The van der Waals surface area contributed by atoms with Gasteiger partial charge in [0.05, 0.1) is 0 Å². The van der Waals surface area contributed by atoms with Crippen LogP contribution in [0.1, 0.15) is 51.6 Å². The van der Waals surface area contributed by atoms with E-state index >= 15 is 0 Å². The number of halogens is 2. The lowest BCUT2D eigenvalue weighted by Gasteiger charge is -2.25. The Hall–Kier alpha value is -1.16. The quantitative estimate of drug-likeness (QED) is 0.817. The van der Waals surface area contributed by atoms with Crippen molar-refractivity contribution in [1.29, 1.82) is 0 Å². The van der Waals surface area contributed by atoms with E-state index in [1.54, 1.807) is 18.2 Å². The minimum atomic E-state index is -2.77.